The first-order chi connectivity index (χ1) is 23.0. The molecule has 254 valence electrons. The molecule has 0 aromatic heterocycles. The lowest BCUT2D eigenvalue weighted by molar-refractivity contribution is -0.123. The number of ether oxygens (including phenoxy) is 4. The number of carbonyl (C=O) groups excluding carboxylic acids is 3. The molecule has 6 rings (SSSR count). The van der Waals surface area contributed by atoms with Crippen LogP contribution >= 0.6 is 0 Å². The molecule has 3 heterocycles. The third-order valence-electron chi connectivity index (χ3n) is 7.54. The molecule has 3 aliphatic rings. The standard InChI is InChI=1S/C30H29FN4O9S.CH2O2/c1-41-26-4-2-18-10-27(26)43-15-28(36)32-13-17-8-19(31)11-20(9-17)44-25-6-7-35(14-23(25)34-30(18)38)45(39,40)21-3-5-24-22(12-21)33-29(37)16-42-24;2-1-3/h2-5,8-12,23,25H,6-7,13-16H2,1H3,(H,32,36)(H,33,37)(H,34,38);1H,(H,2,3)/t23-,25+;/m0./s1. The smallest absolute Gasteiger partial charge is 0.290 e. The predicted octanol–water partition coefficient (Wildman–Crippen LogP) is 1.52. The highest BCUT2D eigenvalue weighted by Crippen LogP contribution is 2.33. The first-order valence-electron chi connectivity index (χ1n) is 14.5. The van der Waals surface area contributed by atoms with E-state index in [-0.39, 0.29) is 72.5 Å². The molecule has 3 aromatic carbocycles. The van der Waals surface area contributed by atoms with Gasteiger partial charge in [0.1, 0.15) is 23.4 Å². The largest absolute Gasteiger partial charge is 0.493 e. The molecular weight excluding hydrogens is 655 g/mol. The van der Waals surface area contributed by atoms with Gasteiger partial charge in [-0.3, -0.25) is 19.2 Å². The molecule has 0 aliphatic carbocycles. The number of methoxy groups -OCH3 is 1. The van der Waals surface area contributed by atoms with E-state index in [1.807, 2.05) is 0 Å². The molecule has 15 nitrogen and oxygen atoms in total. The number of benzene rings is 3. The lowest BCUT2D eigenvalue weighted by Crippen LogP contribution is -2.58. The molecule has 4 bridgehead atoms. The molecule has 4 N–H and O–H groups in total. The Labute approximate surface area is 274 Å². The summed E-state index contributed by atoms with van der Waals surface area (Å²) in [5.41, 5.74) is 0.823. The zero-order valence-corrected chi connectivity index (χ0v) is 26.3. The van der Waals surface area contributed by atoms with Crippen molar-refractivity contribution in [2.75, 3.05) is 38.7 Å². The van der Waals surface area contributed by atoms with Crippen molar-refractivity contribution in [3.8, 4) is 23.0 Å². The van der Waals surface area contributed by atoms with E-state index < -0.39 is 52.3 Å². The first kappa shape index (κ1) is 33.9. The van der Waals surface area contributed by atoms with Gasteiger partial charge < -0.3 is 40.0 Å². The second kappa shape index (κ2) is 14.6. The van der Waals surface area contributed by atoms with Gasteiger partial charge in [-0.25, -0.2) is 12.8 Å². The lowest BCUT2D eigenvalue weighted by atomic mass is 10.0. The zero-order chi connectivity index (χ0) is 34.4. The van der Waals surface area contributed by atoms with Crippen molar-refractivity contribution in [2.45, 2.75) is 30.0 Å². The van der Waals surface area contributed by atoms with Crippen LogP contribution in [0.2, 0.25) is 0 Å². The molecule has 3 aliphatic heterocycles. The normalized spacial score (nSPS) is 19.5. The average Bonchev–Trinajstić information content (AvgIpc) is 3.06. The Bertz CT molecular complexity index is 1840. The van der Waals surface area contributed by atoms with Gasteiger partial charge in [0.2, 0.25) is 10.0 Å². The third-order valence-corrected chi connectivity index (χ3v) is 9.40. The van der Waals surface area contributed by atoms with Crippen LogP contribution in [0.5, 0.6) is 23.0 Å². The molecule has 48 heavy (non-hydrogen) atoms. The van der Waals surface area contributed by atoms with E-state index in [1.54, 1.807) is 6.07 Å². The van der Waals surface area contributed by atoms with Gasteiger partial charge in [-0.2, -0.15) is 4.31 Å². The number of carbonyl (C=O) groups is 4. The van der Waals surface area contributed by atoms with E-state index >= 15 is 0 Å². The fourth-order valence-electron chi connectivity index (χ4n) is 5.31. The zero-order valence-electron chi connectivity index (χ0n) is 25.4. The number of nitrogens with one attached hydrogen (secondary N) is 3. The minimum Gasteiger partial charge on any atom is -0.493 e. The van der Waals surface area contributed by atoms with Crippen LogP contribution in [-0.4, -0.2) is 87.6 Å². The van der Waals surface area contributed by atoms with Gasteiger partial charge in [-0.05, 0) is 54.1 Å². The van der Waals surface area contributed by atoms with Crippen molar-refractivity contribution in [2.24, 2.45) is 0 Å². The number of anilines is 1. The number of nitrogens with zero attached hydrogens (tertiary/aromatic N) is 1. The van der Waals surface area contributed by atoms with Crippen molar-refractivity contribution >= 4 is 39.9 Å². The summed E-state index contributed by atoms with van der Waals surface area (Å²) in [6.07, 6.45) is -0.600. The number of sulfonamides is 1. The van der Waals surface area contributed by atoms with Crippen molar-refractivity contribution in [1.82, 2.24) is 14.9 Å². The quantitative estimate of drug-likeness (QED) is 0.291. The van der Waals surface area contributed by atoms with Crippen LogP contribution in [0, 0.1) is 5.82 Å². The molecule has 1 saturated heterocycles. The monoisotopic (exact) mass is 686 g/mol. The minimum atomic E-state index is -4.10. The van der Waals surface area contributed by atoms with Crippen molar-refractivity contribution in [3.63, 3.8) is 0 Å². The van der Waals surface area contributed by atoms with E-state index in [2.05, 4.69) is 16.0 Å². The molecule has 2 atom stereocenters. The Kier molecular flexibility index (Phi) is 10.3. The van der Waals surface area contributed by atoms with Gasteiger partial charge in [0.15, 0.2) is 24.7 Å². The fraction of sp³-hybridized carbons (Fsp3) is 0.290. The van der Waals surface area contributed by atoms with Gasteiger partial charge in [0.25, 0.3) is 24.2 Å². The summed E-state index contributed by atoms with van der Waals surface area (Å²) in [7, 11) is -2.68. The second-order valence-electron chi connectivity index (χ2n) is 10.7. The highest BCUT2D eigenvalue weighted by Gasteiger charge is 2.38. The van der Waals surface area contributed by atoms with E-state index in [4.69, 9.17) is 28.8 Å². The predicted molar refractivity (Wildman–Crippen MR) is 165 cm³/mol. The van der Waals surface area contributed by atoms with E-state index in [0.717, 1.165) is 0 Å². The number of rotatable bonds is 3. The summed E-state index contributed by atoms with van der Waals surface area (Å²) < 4.78 is 65.8. The number of carboxylic acid groups (broad SMARTS) is 1. The van der Waals surface area contributed by atoms with Gasteiger partial charge in [-0.15, -0.1) is 0 Å². The van der Waals surface area contributed by atoms with Crippen molar-refractivity contribution < 1.29 is 56.0 Å². The minimum absolute atomic E-state index is 0.00336. The molecule has 0 radical (unpaired) electrons. The Morgan fingerprint density at radius 2 is 1.75 bits per heavy atom. The topological polar surface area (TPSA) is 199 Å². The number of hydrogen-bond donors (Lipinski definition) is 4. The summed E-state index contributed by atoms with van der Waals surface area (Å²) in [5, 5.41) is 15.0. The van der Waals surface area contributed by atoms with Gasteiger partial charge in [0, 0.05) is 37.7 Å². The van der Waals surface area contributed by atoms with Crippen molar-refractivity contribution in [3.05, 3.63) is 71.5 Å². The van der Waals surface area contributed by atoms with Crippen LogP contribution in [-0.2, 0) is 31.0 Å². The molecule has 3 amide bonds. The number of halogens is 1. The van der Waals surface area contributed by atoms with E-state index in [9.17, 15) is 27.2 Å². The number of hydrogen-bond acceptors (Lipinski definition) is 10. The Morgan fingerprint density at radius 1 is 1.00 bits per heavy atom. The third kappa shape index (κ3) is 7.75. The second-order valence-corrected chi connectivity index (χ2v) is 12.7. The van der Waals surface area contributed by atoms with Crippen LogP contribution in [0.3, 0.4) is 0 Å². The maximum absolute atomic E-state index is 14.6. The molecule has 3 aromatic rings. The average molecular weight is 687 g/mol. The molecule has 0 spiro atoms. The van der Waals surface area contributed by atoms with E-state index in [1.165, 1.54) is 59.9 Å². The first-order valence-corrected chi connectivity index (χ1v) is 15.9. The number of piperidine rings is 1. The SMILES string of the molecule is COc1ccc2cc1OCC(=O)NCc1cc(F)cc(c1)O[C@@H]1CCN(S(=O)(=O)c3ccc4c(c3)NC(=O)CO4)C[C@@H]1NC2=O.O=CO. The molecular formula is C31H31FN4O11S. The maximum Gasteiger partial charge on any atom is 0.290 e. The molecule has 1 fully saturated rings. The summed E-state index contributed by atoms with van der Waals surface area (Å²) in [6.45, 7) is -0.960. The van der Waals surface area contributed by atoms with Gasteiger partial charge in [0.05, 0.1) is 23.7 Å². The fourth-order valence-corrected chi connectivity index (χ4v) is 6.82. The Morgan fingerprint density at radius 3 is 2.52 bits per heavy atom. The van der Waals surface area contributed by atoms with Crippen LogP contribution in [0.4, 0.5) is 10.1 Å². The van der Waals surface area contributed by atoms with Crippen LogP contribution in [0.15, 0.2) is 59.5 Å². The molecule has 0 saturated carbocycles. The van der Waals surface area contributed by atoms with Gasteiger partial charge >= 0.3 is 0 Å². The van der Waals surface area contributed by atoms with E-state index in [0.29, 0.717) is 11.3 Å². The summed E-state index contributed by atoms with van der Waals surface area (Å²) in [6, 6.07) is 11.7. The summed E-state index contributed by atoms with van der Waals surface area (Å²) >= 11 is 0. The Balaban J connectivity index is 0.00000145. The van der Waals surface area contributed by atoms with Crippen LogP contribution < -0.4 is 34.9 Å². The number of fused-ring (bicyclic) bond motifs is 6. The highest BCUT2D eigenvalue weighted by molar-refractivity contribution is 7.89. The Hall–Kier alpha value is -5.42. The van der Waals surface area contributed by atoms with Gasteiger partial charge in [-0.1, -0.05) is 0 Å². The lowest BCUT2D eigenvalue weighted by Gasteiger charge is -2.38. The molecule has 17 heteroatoms. The van der Waals surface area contributed by atoms with Crippen LogP contribution in [0.1, 0.15) is 22.3 Å². The maximum atomic E-state index is 14.6. The highest BCUT2D eigenvalue weighted by atomic mass is 32.2. The molecule has 0 unspecified atom stereocenters. The number of amides is 3. The summed E-state index contributed by atoms with van der Waals surface area (Å²) in [4.78, 5) is 46.1. The van der Waals surface area contributed by atoms with Crippen molar-refractivity contribution in [1.29, 1.82) is 0 Å². The van der Waals surface area contributed by atoms with Crippen LogP contribution in [0.25, 0.3) is 0 Å². The summed E-state index contributed by atoms with van der Waals surface area (Å²) in [5.74, 6) is -1.11.